The van der Waals surface area contributed by atoms with Gasteiger partial charge in [-0.05, 0) is 3.57 Å². The van der Waals surface area contributed by atoms with Gasteiger partial charge in [0.25, 0.3) is 0 Å². The zero-order chi connectivity index (χ0) is 3.58. The minimum atomic E-state index is 0.720. The van der Waals surface area contributed by atoms with Crippen molar-refractivity contribution in [1.29, 1.82) is 0 Å². The van der Waals surface area contributed by atoms with E-state index < -0.39 is 0 Å². The Bertz CT molecular complexity index is 12.8. The van der Waals surface area contributed by atoms with Crippen LogP contribution >= 0.6 is 31.8 Å². The molecule has 0 heterocycles. The minimum absolute atomic E-state index is 0.720. The summed E-state index contributed by atoms with van der Waals surface area (Å²) in [5.74, 6) is 0. The molecule has 4 heavy (non-hydrogen) atoms. The second-order valence-electron chi connectivity index (χ2n) is 0.678. The molecule has 0 saturated carbocycles. The fraction of sp³-hybridized carbons (Fsp3) is 1.00. The van der Waals surface area contributed by atoms with Crippen molar-refractivity contribution in [3.63, 3.8) is 0 Å². The van der Waals surface area contributed by atoms with Gasteiger partial charge in [0.15, 0.2) is 0 Å². The van der Waals surface area contributed by atoms with E-state index in [0.29, 0.717) is 0 Å². The van der Waals surface area contributed by atoms with Crippen molar-refractivity contribution >= 4 is 39.7 Å². The minimum Gasteiger partial charge on any atom is -0.133 e. The molecular weight excluding hydrogens is 181 g/mol. The molecule has 0 aromatic heterocycles. The maximum absolute atomic E-state index is 2.64. The molecule has 0 saturated heterocycles. The first-order chi connectivity index (χ1) is 1.73. The molecule has 0 spiro atoms. The quantitative estimate of drug-likeness (QED) is 0.219. The zero-order valence-electron chi connectivity index (χ0n) is 2.53. The molecule has 0 fully saturated rings. The van der Waals surface area contributed by atoms with Crippen LogP contribution < -0.4 is 0 Å². The Balaban J connectivity index is 2.32. The molecule has 2 atom stereocenters. The van der Waals surface area contributed by atoms with Crippen LogP contribution in [-0.2, 0) is 0 Å². The molecule has 0 aliphatic rings. The first-order valence-corrected chi connectivity index (χ1v) is 3.04. The number of rotatable bonds is 0. The van der Waals surface area contributed by atoms with Crippen molar-refractivity contribution < 1.29 is 0 Å². The predicted molar refractivity (Wildman–Crippen MR) is 36.1 cm³/mol. The molecule has 0 aliphatic carbocycles. The molecule has 0 radical (unpaired) electrons. The van der Waals surface area contributed by atoms with E-state index in [4.69, 9.17) is 0 Å². The fourth-order valence-corrected chi connectivity index (χ4v) is 0. The molecule has 0 aromatic carbocycles. The Hall–Kier alpha value is 1.22. The van der Waals surface area contributed by atoms with Gasteiger partial charge in [0.2, 0.25) is 0 Å². The third kappa shape index (κ3) is 10.6. The van der Waals surface area contributed by atoms with Crippen LogP contribution in [0.25, 0.3) is 0 Å². The van der Waals surface area contributed by atoms with Crippen LogP contribution in [0.15, 0.2) is 0 Å². The Morgan fingerprint density at radius 1 is 2.00 bits per heavy atom. The standard InChI is InChI=1S/CH5BIP/c2-1(3)4/h1H,2,4H2. The summed E-state index contributed by atoms with van der Waals surface area (Å²) < 4.78 is 0.720. The van der Waals surface area contributed by atoms with Gasteiger partial charge < -0.3 is 0 Å². The van der Waals surface area contributed by atoms with E-state index in [2.05, 4.69) is 39.7 Å². The van der Waals surface area contributed by atoms with Crippen LogP contribution in [0.4, 0.5) is 0 Å². The first kappa shape index (κ1) is 5.22. The largest absolute Gasteiger partial charge is 0.133 e. The van der Waals surface area contributed by atoms with Gasteiger partial charge >= 0.3 is 0 Å². The highest BCUT2D eigenvalue weighted by Crippen LogP contribution is 2.00. The summed E-state index contributed by atoms with van der Waals surface area (Å²) in [6.45, 7) is 0. The second kappa shape index (κ2) is 2.46. The SMILES string of the molecule is BC(P)I. The first-order valence-electron chi connectivity index (χ1n) is 1.13. The van der Waals surface area contributed by atoms with Crippen LogP contribution in [0.2, 0.25) is 0 Å². The number of hydrogen-bond acceptors (Lipinski definition) is 0. The lowest BCUT2D eigenvalue weighted by molar-refractivity contribution is 2.16. The maximum atomic E-state index is 2.64. The lowest BCUT2D eigenvalue weighted by atomic mass is 10.2. The van der Waals surface area contributed by atoms with E-state index in [9.17, 15) is 0 Å². The van der Waals surface area contributed by atoms with Gasteiger partial charge in [-0.2, -0.15) is 0 Å². The summed E-state index contributed by atoms with van der Waals surface area (Å²) in [5, 5.41) is 0. The van der Waals surface area contributed by atoms with Crippen molar-refractivity contribution in [3.8, 4) is 0 Å². The Morgan fingerprint density at radius 3 is 2.00 bits per heavy atom. The topological polar surface area (TPSA) is 0 Å². The van der Waals surface area contributed by atoms with E-state index >= 15 is 0 Å². The molecule has 0 N–H and O–H groups in total. The Morgan fingerprint density at radius 2 is 2.00 bits per heavy atom. The van der Waals surface area contributed by atoms with Gasteiger partial charge in [-0.1, -0.05) is 22.6 Å². The zero-order valence-corrected chi connectivity index (χ0v) is 5.84. The third-order valence-electron chi connectivity index (χ3n) is 0. The number of hydrogen-bond donors (Lipinski definition) is 0. The van der Waals surface area contributed by atoms with Crippen LogP contribution in [0.5, 0.6) is 0 Å². The molecule has 0 amide bonds. The highest BCUT2D eigenvalue weighted by atomic mass is 127. The summed E-state index contributed by atoms with van der Waals surface area (Å²) in [7, 11) is 4.76. The maximum Gasteiger partial charge on any atom is 0.123 e. The predicted octanol–water partition coefficient (Wildman–Crippen LogP) is 0.213. The van der Waals surface area contributed by atoms with Crippen LogP contribution in [0.1, 0.15) is 0 Å². The monoisotopic (exact) mass is 186 g/mol. The van der Waals surface area contributed by atoms with E-state index in [0.717, 1.165) is 3.57 Å². The molecule has 2 unspecified atom stereocenters. The Kier molecular flexibility index (Phi) is 3.22. The van der Waals surface area contributed by atoms with Gasteiger partial charge in [0.05, 0.1) is 0 Å². The summed E-state index contributed by atoms with van der Waals surface area (Å²) in [6.07, 6.45) is 0. The van der Waals surface area contributed by atoms with Gasteiger partial charge in [0.1, 0.15) is 7.85 Å². The van der Waals surface area contributed by atoms with Crippen molar-refractivity contribution in [2.75, 3.05) is 0 Å². The van der Waals surface area contributed by atoms with E-state index in [1.165, 1.54) is 0 Å². The smallest absolute Gasteiger partial charge is 0.123 e. The van der Waals surface area contributed by atoms with E-state index in [1.807, 2.05) is 0 Å². The molecular formula is CH5BIP. The van der Waals surface area contributed by atoms with E-state index in [1.54, 1.807) is 0 Å². The molecule has 0 aromatic rings. The van der Waals surface area contributed by atoms with Gasteiger partial charge in [0, 0.05) is 0 Å². The highest BCUT2D eigenvalue weighted by molar-refractivity contribution is 14.1. The molecule has 0 rings (SSSR count). The number of alkyl halides is 1. The number of halogens is 1. The molecule has 0 nitrogen and oxygen atoms in total. The average Bonchev–Trinajstić information content (AvgIpc) is 0.811. The van der Waals surface area contributed by atoms with Crippen molar-refractivity contribution in [1.82, 2.24) is 0 Å². The summed E-state index contributed by atoms with van der Waals surface area (Å²) in [6, 6.07) is 0. The summed E-state index contributed by atoms with van der Waals surface area (Å²) in [5.41, 5.74) is 0. The van der Waals surface area contributed by atoms with Crippen LogP contribution in [0, 0.1) is 0 Å². The Labute approximate surface area is 43.5 Å². The average molecular weight is 186 g/mol. The van der Waals surface area contributed by atoms with Crippen molar-refractivity contribution in [2.45, 2.75) is 3.57 Å². The van der Waals surface area contributed by atoms with Crippen molar-refractivity contribution in [2.24, 2.45) is 0 Å². The third-order valence-corrected chi connectivity index (χ3v) is 0. The van der Waals surface area contributed by atoms with Crippen molar-refractivity contribution in [3.05, 3.63) is 0 Å². The van der Waals surface area contributed by atoms with E-state index in [-0.39, 0.29) is 0 Å². The van der Waals surface area contributed by atoms with Crippen LogP contribution in [0.3, 0.4) is 0 Å². The second-order valence-corrected chi connectivity index (χ2v) is 5.00. The molecule has 0 aliphatic heterocycles. The lowest BCUT2D eigenvalue weighted by Gasteiger charge is -1.75. The fourth-order valence-electron chi connectivity index (χ4n) is 0. The van der Waals surface area contributed by atoms with Gasteiger partial charge in [-0.15, -0.1) is 9.24 Å². The normalized spacial score (nSPS) is 15.5. The van der Waals surface area contributed by atoms with Crippen LogP contribution in [-0.4, -0.2) is 11.4 Å². The summed E-state index contributed by atoms with van der Waals surface area (Å²) >= 11 is 2.31. The molecule has 3 heteroatoms. The van der Waals surface area contributed by atoms with Gasteiger partial charge in [-0.25, -0.2) is 0 Å². The highest BCUT2D eigenvalue weighted by Gasteiger charge is 1.72. The summed E-state index contributed by atoms with van der Waals surface area (Å²) in [4.78, 5) is 0. The molecule has 0 bridgehead atoms. The van der Waals surface area contributed by atoms with Gasteiger partial charge in [-0.3, -0.25) is 0 Å². The molecule has 24 valence electrons. The lowest BCUT2D eigenvalue weighted by Crippen LogP contribution is -1.72.